The Morgan fingerprint density at radius 2 is 1.74 bits per heavy atom. The monoisotopic (exact) mass is 354 g/mol. The number of nitrogens with two attached hydrogens (primary N) is 2. The van der Waals surface area contributed by atoms with Gasteiger partial charge in [-0.2, -0.15) is 0 Å². The molecule has 0 saturated carbocycles. The summed E-state index contributed by atoms with van der Waals surface area (Å²) in [5.41, 5.74) is 14.5. The molecule has 5 nitrogen and oxygen atoms in total. The van der Waals surface area contributed by atoms with Crippen molar-refractivity contribution in [3.63, 3.8) is 0 Å². The Morgan fingerprint density at radius 1 is 1.09 bits per heavy atom. The van der Waals surface area contributed by atoms with E-state index in [1.54, 1.807) is 12.4 Å². The van der Waals surface area contributed by atoms with Crippen LogP contribution in [0, 0.1) is 0 Å². The van der Waals surface area contributed by atoms with E-state index in [1.807, 2.05) is 44.2 Å². The average molecular weight is 355 g/mol. The van der Waals surface area contributed by atoms with Crippen LogP contribution in [0.3, 0.4) is 0 Å². The second-order valence-corrected chi connectivity index (χ2v) is 5.35. The first kappa shape index (κ1) is 19.1. The minimum atomic E-state index is -0.620. The molecule has 2 aromatic rings. The third-order valence-electron chi connectivity index (χ3n) is 3.77. The molecule has 0 amide bonds. The number of halogens is 2. The highest BCUT2D eigenvalue weighted by atomic mass is 35.5. The Labute approximate surface area is 147 Å². The zero-order valence-corrected chi connectivity index (χ0v) is 14.5. The zero-order chi connectivity index (χ0) is 15.0. The van der Waals surface area contributed by atoms with Gasteiger partial charge >= 0.3 is 0 Å². The standard InChI is InChI=1S/C16H18N4O.2ClH/c1-10-15(17)20-13-9-12(3-4-14(13)21-10)16(2,18)11-5-7-19-8-6-11;;/h3-9,20H,17-18H2,1-2H3;2*1H. The first-order valence-electron chi connectivity index (χ1n) is 6.73. The molecule has 0 spiro atoms. The van der Waals surface area contributed by atoms with Crippen molar-refractivity contribution in [3.8, 4) is 5.75 Å². The number of nitrogens with one attached hydrogen (secondary N) is 1. The van der Waals surface area contributed by atoms with Crippen molar-refractivity contribution in [1.29, 1.82) is 0 Å². The lowest BCUT2D eigenvalue weighted by Crippen LogP contribution is -2.34. The summed E-state index contributed by atoms with van der Waals surface area (Å²) in [5, 5.41) is 3.14. The number of benzene rings is 1. The quantitative estimate of drug-likeness (QED) is 0.771. The van der Waals surface area contributed by atoms with E-state index in [0.29, 0.717) is 11.6 Å². The van der Waals surface area contributed by atoms with Crippen LogP contribution in [0.4, 0.5) is 5.69 Å². The summed E-state index contributed by atoms with van der Waals surface area (Å²) in [5.74, 6) is 1.93. The summed E-state index contributed by atoms with van der Waals surface area (Å²) in [6, 6.07) is 9.67. The van der Waals surface area contributed by atoms with Crippen molar-refractivity contribution < 1.29 is 4.74 Å². The molecule has 2 heterocycles. The number of hydrogen-bond donors (Lipinski definition) is 3. The molecule has 5 N–H and O–H groups in total. The van der Waals surface area contributed by atoms with Crippen molar-refractivity contribution >= 4 is 30.5 Å². The topological polar surface area (TPSA) is 86.2 Å². The Morgan fingerprint density at radius 3 is 2.39 bits per heavy atom. The summed E-state index contributed by atoms with van der Waals surface area (Å²) < 4.78 is 5.66. The molecule has 7 heteroatoms. The molecule has 1 aliphatic heterocycles. The number of pyridine rings is 1. The lowest BCUT2D eigenvalue weighted by Gasteiger charge is -2.28. The normalized spacial score (nSPS) is 15.1. The van der Waals surface area contributed by atoms with Crippen LogP contribution in [0.2, 0.25) is 0 Å². The van der Waals surface area contributed by atoms with Gasteiger partial charge in [0.25, 0.3) is 0 Å². The molecule has 0 bridgehead atoms. The van der Waals surface area contributed by atoms with Crippen molar-refractivity contribution in [3.05, 3.63) is 65.4 Å². The highest BCUT2D eigenvalue weighted by Crippen LogP contribution is 2.36. The molecule has 3 rings (SSSR count). The Bertz CT molecular complexity index is 717. The zero-order valence-electron chi connectivity index (χ0n) is 12.9. The van der Waals surface area contributed by atoms with Gasteiger partial charge in [0.05, 0.1) is 11.2 Å². The summed E-state index contributed by atoms with van der Waals surface area (Å²) in [4.78, 5) is 4.03. The largest absolute Gasteiger partial charge is 0.456 e. The van der Waals surface area contributed by atoms with Crippen LogP contribution < -0.4 is 21.5 Å². The van der Waals surface area contributed by atoms with Crippen LogP contribution in [-0.4, -0.2) is 4.98 Å². The lowest BCUT2D eigenvalue weighted by molar-refractivity contribution is 0.415. The molecule has 0 fully saturated rings. The van der Waals surface area contributed by atoms with E-state index >= 15 is 0 Å². The molecule has 1 aromatic carbocycles. The van der Waals surface area contributed by atoms with Crippen molar-refractivity contribution in [2.24, 2.45) is 11.5 Å². The van der Waals surface area contributed by atoms with Gasteiger partial charge in [0.15, 0.2) is 5.75 Å². The molecule has 1 aromatic heterocycles. The van der Waals surface area contributed by atoms with E-state index in [4.69, 9.17) is 16.2 Å². The number of anilines is 1. The molecular weight excluding hydrogens is 335 g/mol. The fourth-order valence-electron chi connectivity index (χ4n) is 2.36. The number of nitrogens with zero attached hydrogens (tertiary/aromatic N) is 1. The van der Waals surface area contributed by atoms with Crippen LogP contribution in [0.15, 0.2) is 54.3 Å². The van der Waals surface area contributed by atoms with Gasteiger partial charge in [-0.1, -0.05) is 6.07 Å². The first-order valence-corrected chi connectivity index (χ1v) is 6.73. The number of allylic oxidation sites excluding steroid dienone is 1. The fraction of sp³-hybridized carbons (Fsp3) is 0.188. The van der Waals surface area contributed by atoms with E-state index in [1.165, 1.54) is 0 Å². The summed E-state index contributed by atoms with van der Waals surface area (Å²) >= 11 is 0. The van der Waals surface area contributed by atoms with Gasteiger partial charge < -0.3 is 21.5 Å². The van der Waals surface area contributed by atoms with E-state index in [9.17, 15) is 0 Å². The van der Waals surface area contributed by atoms with Crippen molar-refractivity contribution in [2.75, 3.05) is 5.32 Å². The van der Waals surface area contributed by atoms with E-state index in [0.717, 1.165) is 22.6 Å². The van der Waals surface area contributed by atoms with Crippen LogP contribution in [0.1, 0.15) is 25.0 Å². The second kappa shape index (κ2) is 7.08. The minimum absolute atomic E-state index is 0. The SMILES string of the molecule is CC1=C(N)Nc2cc(C(C)(N)c3ccncc3)ccc2O1.Cl.Cl. The molecule has 0 radical (unpaired) electrons. The summed E-state index contributed by atoms with van der Waals surface area (Å²) in [6.07, 6.45) is 3.48. The molecule has 1 atom stereocenters. The van der Waals surface area contributed by atoms with Gasteiger partial charge in [-0.25, -0.2) is 0 Å². The maximum absolute atomic E-state index is 6.51. The van der Waals surface area contributed by atoms with Crippen LogP contribution in [0.25, 0.3) is 0 Å². The van der Waals surface area contributed by atoms with Crippen molar-refractivity contribution in [2.45, 2.75) is 19.4 Å². The van der Waals surface area contributed by atoms with Gasteiger partial charge in [-0.3, -0.25) is 4.98 Å². The summed E-state index contributed by atoms with van der Waals surface area (Å²) in [6.45, 7) is 3.79. The van der Waals surface area contributed by atoms with Crippen LogP contribution >= 0.6 is 24.8 Å². The second-order valence-electron chi connectivity index (χ2n) is 5.35. The highest BCUT2D eigenvalue weighted by Gasteiger charge is 2.26. The minimum Gasteiger partial charge on any atom is -0.456 e. The number of fused-ring (bicyclic) bond motifs is 1. The smallest absolute Gasteiger partial charge is 0.150 e. The lowest BCUT2D eigenvalue weighted by atomic mass is 9.86. The third-order valence-corrected chi connectivity index (χ3v) is 3.77. The van der Waals surface area contributed by atoms with Crippen molar-refractivity contribution in [1.82, 2.24) is 4.98 Å². The fourth-order valence-corrected chi connectivity index (χ4v) is 2.36. The van der Waals surface area contributed by atoms with Gasteiger partial charge in [0.1, 0.15) is 11.6 Å². The molecule has 23 heavy (non-hydrogen) atoms. The van der Waals surface area contributed by atoms with Gasteiger partial charge in [-0.15, -0.1) is 24.8 Å². The van der Waals surface area contributed by atoms with E-state index < -0.39 is 5.54 Å². The molecule has 0 saturated heterocycles. The van der Waals surface area contributed by atoms with E-state index in [-0.39, 0.29) is 24.8 Å². The first-order chi connectivity index (χ1) is 9.98. The number of hydrogen-bond acceptors (Lipinski definition) is 5. The van der Waals surface area contributed by atoms with E-state index in [2.05, 4.69) is 10.3 Å². The molecular formula is C16H20Cl2N4O. The highest BCUT2D eigenvalue weighted by molar-refractivity contribution is 5.85. The number of rotatable bonds is 2. The maximum atomic E-state index is 6.51. The van der Waals surface area contributed by atoms with Gasteiger partial charge in [0.2, 0.25) is 0 Å². The Hall–Kier alpha value is -1.95. The molecule has 124 valence electrons. The number of ether oxygens (including phenoxy) is 1. The molecule has 0 aliphatic carbocycles. The molecule has 1 aliphatic rings. The summed E-state index contributed by atoms with van der Waals surface area (Å²) in [7, 11) is 0. The predicted molar refractivity (Wildman–Crippen MR) is 97.0 cm³/mol. The molecule has 1 unspecified atom stereocenters. The third kappa shape index (κ3) is 3.52. The van der Waals surface area contributed by atoms with Gasteiger partial charge in [0, 0.05) is 12.4 Å². The Balaban J connectivity index is 0.00000132. The number of aromatic nitrogens is 1. The Kier molecular flexibility index (Phi) is 5.88. The van der Waals surface area contributed by atoms with Crippen LogP contribution in [-0.2, 0) is 5.54 Å². The van der Waals surface area contributed by atoms with Crippen LogP contribution in [0.5, 0.6) is 5.75 Å². The average Bonchev–Trinajstić information content (AvgIpc) is 2.49. The predicted octanol–water partition coefficient (Wildman–Crippen LogP) is 3.10. The van der Waals surface area contributed by atoms with Gasteiger partial charge in [-0.05, 0) is 49.2 Å². The maximum Gasteiger partial charge on any atom is 0.150 e.